The van der Waals surface area contributed by atoms with Crippen molar-refractivity contribution >= 4 is 16.8 Å². The molecule has 0 unspecified atom stereocenters. The Morgan fingerprint density at radius 2 is 1.82 bits per heavy atom. The van der Waals surface area contributed by atoms with Gasteiger partial charge in [0.1, 0.15) is 11.4 Å². The van der Waals surface area contributed by atoms with E-state index in [4.69, 9.17) is 4.74 Å². The summed E-state index contributed by atoms with van der Waals surface area (Å²) in [6.07, 6.45) is 0. The smallest absolute Gasteiger partial charge is 0.269 e. The Balaban J connectivity index is 1.92. The number of carbonyl (C=O) groups excluding carboxylic acids is 1. The number of aromatic nitrogens is 1. The fourth-order valence-electron chi connectivity index (χ4n) is 3.31. The van der Waals surface area contributed by atoms with Crippen molar-refractivity contribution in [1.29, 1.82) is 0 Å². The van der Waals surface area contributed by atoms with Crippen LogP contribution < -0.4 is 10.1 Å². The van der Waals surface area contributed by atoms with Crippen molar-refractivity contribution in [3.63, 3.8) is 0 Å². The van der Waals surface area contributed by atoms with Crippen molar-refractivity contribution in [2.45, 2.75) is 6.04 Å². The number of methoxy groups -OCH3 is 1. The number of ether oxygens (including phenoxy) is 1. The lowest BCUT2D eigenvalue weighted by molar-refractivity contribution is 0.0953. The predicted octanol–water partition coefficient (Wildman–Crippen LogP) is 3.02. The standard InChI is InChI=1S/C18H16N2O2/c1-20-14-6-4-3-5-13(14)15-16(19-18(21)17(15)20)11-7-9-12(22-2)10-8-11/h3-10,16H,1-2H3,(H,19,21)/t16-/m1/s1. The number of carbonyl (C=O) groups is 1. The number of fused-ring (bicyclic) bond motifs is 3. The van der Waals surface area contributed by atoms with Crippen molar-refractivity contribution in [3.05, 3.63) is 65.4 Å². The van der Waals surface area contributed by atoms with Crippen LogP contribution in [-0.2, 0) is 7.05 Å². The Labute approximate surface area is 128 Å². The van der Waals surface area contributed by atoms with Gasteiger partial charge in [-0.3, -0.25) is 4.79 Å². The molecule has 1 amide bonds. The summed E-state index contributed by atoms with van der Waals surface area (Å²) in [5.74, 6) is 0.792. The zero-order chi connectivity index (χ0) is 15.3. The van der Waals surface area contributed by atoms with Crippen LogP contribution in [-0.4, -0.2) is 17.6 Å². The average Bonchev–Trinajstić information content (AvgIpc) is 3.05. The molecule has 1 aliphatic rings. The van der Waals surface area contributed by atoms with Gasteiger partial charge in [0.25, 0.3) is 5.91 Å². The lowest BCUT2D eigenvalue weighted by Crippen LogP contribution is -2.21. The van der Waals surface area contributed by atoms with Crippen LogP contribution >= 0.6 is 0 Å². The van der Waals surface area contributed by atoms with Crippen molar-refractivity contribution in [2.24, 2.45) is 7.05 Å². The summed E-state index contributed by atoms with van der Waals surface area (Å²) in [6.45, 7) is 0. The third kappa shape index (κ3) is 1.67. The molecule has 1 atom stereocenters. The number of para-hydroxylation sites is 1. The van der Waals surface area contributed by atoms with Gasteiger partial charge in [-0.05, 0) is 23.8 Å². The highest BCUT2D eigenvalue weighted by Crippen LogP contribution is 2.38. The Morgan fingerprint density at radius 3 is 2.55 bits per heavy atom. The first-order valence-corrected chi connectivity index (χ1v) is 7.23. The zero-order valence-corrected chi connectivity index (χ0v) is 12.5. The summed E-state index contributed by atoms with van der Waals surface area (Å²) in [5, 5.41) is 4.21. The van der Waals surface area contributed by atoms with Crippen LogP contribution in [0.15, 0.2) is 48.5 Å². The second-order valence-electron chi connectivity index (χ2n) is 5.52. The topological polar surface area (TPSA) is 43.3 Å². The molecule has 1 N–H and O–H groups in total. The summed E-state index contributed by atoms with van der Waals surface area (Å²) in [5.41, 5.74) is 3.96. The van der Waals surface area contributed by atoms with Gasteiger partial charge in [-0.2, -0.15) is 0 Å². The molecule has 0 saturated carbocycles. The van der Waals surface area contributed by atoms with Crippen LogP contribution in [0.3, 0.4) is 0 Å². The molecule has 1 aliphatic heterocycles. The van der Waals surface area contributed by atoms with E-state index in [0.29, 0.717) is 0 Å². The van der Waals surface area contributed by atoms with E-state index in [-0.39, 0.29) is 11.9 Å². The number of hydrogen-bond donors (Lipinski definition) is 1. The van der Waals surface area contributed by atoms with Crippen molar-refractivity contribution in [2.75, 3.05) is 7.11 Å². The van der Waals surface area contributed by atoms with Crippen LogP contribution in [0.1, 0.15) is 27.7 Å². The molecule has 4 heteroatoms. The average molecular weight is 292 g/mol. The number of nitrogens with zero attached hydrogens (tertiary/aromatic N) is 1. The molecule has 4 rings (SSSR count). The van der Waals surface area contributed by atoms with Gasteiger partial charge in [-0.25, -0.2) is 0 Å². The summed E-state index contributed by atoms with van der Waals surface area (Å²) < 4.78 is 7.18. The minimum Gasteiger partial charge on any atom is -0.497 e. The lowest BCUT2D eigenvalue weighted by Gasteiger charge is -2.13. The number of hydrogen-bond acceptors (Lipinski definition) is 2. The van der Waals surface area contributed by atoms with Gasteiger partial charge in [0, 0.05) is 23.5 Å². The number of amides is 1. The molecule has 0 saturated heterocycles. The molecule has 0 radical (unpaired) electrons. The molecule has 4 nitrogen and oxygen atoms in total. The van der Waals surface area contributed by atoms with E-state index in [1.807, 2.05) is 54.1 Å². The third-order valence-corrected chi connectivity index (χ3v) is 4.37. The first-order chi connectivity index (χ1) is 10.7. The highest BCUT2D eigenvalue weighted by Gasteiger charge is 2.35. The van der Waals surface area contributed by atoms with Crippen molar-refractivity contribution in [1.82, 2.24) is 9.88 Å². The molecule has 0 bridgehead atoms. The van der Waals surface area contributed by atoms with E-state index in [0.717, 1.165) is 33.5 Å². The second-order valence-corrected chi connectivity index (χ2v) is 5.52. The third-order valence-electron chi connectivity index (χ3n) is 4.37. The Bertz CT molecular complexity index is 878. The van der Waals surface area contributed by atoms with Gasteiger partial charge in [0.15, 0.2) is 0 Å². The fourth-order valence-corrected chi connectivity index (χ4v) is 3.31. The monoisotopic (exact) mass is 292 g/mol. The Hall–Kier alpha value is -2.75. The molecule has 0 aliphatic carbocycles. The van der Waals surface area contributed by atoms with E-state index in [1.54, 1.807) is 7.11 Å². The Morgan fingerprint density at radius 1 is 1.09 bits per heavy atom. The van der Waals surface area contributed by atoms with Gasteiger partial charge in [0.2, 0.25) is 0 Å². The predicted molar refractivity (Wildman–Crippen MR) is 85.2 cm³/mol. The molecule has 2 heterocycles. The van der Waals surface area contributed by atoms with Crippen LogP contribution in [0, 0.1) is 0 Å². The SMILES string of the molecule is COc1ccc([C@H]2NC(=O)c3c2c2ccccc2n3C)cc1. The lowest BCUT2D eigenvalue weighted by atomic mass is 9.99. The number of rotatable bonds is 2. The number of nitrogens with one attached hydrogen (secondary N) is 1. The van der Waals surface area contributed by atoms with Crippen LogP contribution in [0.2, 0.25) is 0 Å². The summed E-state index contributed by atoms with van der Waals surface area (Å²) >= 11 is 0. The normalized spacial score (nSPS) is 16.6. The van der Waals surface area contributed by atoms with E-state index in [9.17, 15) is 4.79 Å². The van der Waals surface area contributed by atoms with E-state index in [2.05, 4.69) is 11.4 Å². The highest BCUT2D eigenvalue weighted by atomic mass is 16.5. The maximum atomic E-state index is 12.4. The maximum absolute atomic E-state index is 12.4. The molecule has 1 aromatic heterocycles. The molecule has 2 aromatic carbocycles. The van der Waals surface area contributed by atoms with Gasteiger partial charge in [0.05, 0.1) is 13.2 Å². The largest absolute Gasteiger partial charge is 0.497 e. The second kappa shape index (κ2) is 4.63. The first kappa shape index (κ1) is 13.0. The van der Waals surface area contributed by atoms with Gasteiger partial charge in [-0.15, -0.1) is 0 Å². The maximum Gasteiger partial charge on any atom is 0.269 e. The molecular weight excluding hydrogens is 276 g/mol. The molecule has 110 valence electrons. The van der Waals surface area contributed by atoms with E-state index < -0.39 is 0 Å². The molecule has 3 aromatic rings. The zero-order valence-electron chi connectivity index (χ0n) is 12.5. The van der Waals surface area contributed by atoms with Gasteiger partial charge >= 0.3 is 0 Å². The van der Waals surface area contributed by atoms with E-state index >= 15 is 0 Å². The quantitative estimate of drug-likeness (QED) is 0.789. The van der Waals surface area contributed by atoms with Crippen molar-refractivity contribution < 1.29 is 9.53 Å². The molecule has 22 heavy (non-hydrogen) atoms. The Kier molecular flexibility index (Phi) is 2.73. The van der Waals surface area contributed by atoms with Crippen molar-refractivity contribution in [3.8, 4) is 5.75 Å². The highest BCUT2D eigenvalue weighted by molar-refractivity contribution is 6.06. The van der Waals surface area contributed by atoms with Gasteiger partial charge in [-0.1, -0.05) is 30.3 Å². The number of benzene rings is 2. The molecule has 0 spiro atoms. The number of aryl methyl sites for hydroxylation is 1. The minimum absolute atomic E-state index is 0.0190. The minimum atomic E-state index is -0.112. The fraction of sp³-hybridized carbons (Fsp3) is 0.167. The van der Waals surface area contributed by atoms with Crippen LogP contribution in [0.25, 0.3) is 10.9 Å². The summed E-state index contributed by atoms with van der Waals surface area (Å²) in [7, 11) is 3.59. The molecular formula is C18H16N2O2. The van der Waals surface area contributed by atoms with Gasteiger partial charge < -0.3 is 14.6 Å². The summed E-state index contributed by atoms with van der Waals surface area (Å²) in [4.78, 5) is 12.4. The summed E-state index contributed by atoms with van der Waals surface area (Å²) in [6, 6.07) is 15.9. The van der Waals surface area contributed by atoms with Crippen LogP contribution in [0.4, 0.5) is 0 Å². The van der Waals surface area contributed by atoms with E-state index in [1.165, 1.54) is 0 Å². The first-order valence-electron chi connectivity index (χ1n) is 7.23. The van der Waals surface area contributed by atoms with Crippen LogP contribution in [0.5, 0.6) is 5.75 Å². The molecule has 0 fully saturated rings.